The van der Waals surface area contributed by atoms with Gasteiger partial charge >= 0.3 is 0 Å². The molecule has 2 heterocycles. The Morgan fingerprint density at radius 3 is 3.05 bits per heavy atom. The Morgan fingerprint density at radius 2 is 2.21 bits per heavy atom. The van der Waals surface area contributed by atoms with Crippen molar-refractivity contribution in [2.24, 2.45) is 5.92 Å². The number of benzene rings is 1. The zero-order valence-corrected chi connectivity index (χ0v) is 11.0. The molecular formula is C15H17N3O. The lowest BCUT2D eigenvalue weighted by Crippen LogP contribution is -2.23. The SMILES string of the molecule is CC1CC1c1noc(-c2ccc3c(c2)CNCC3)n1. The maximum absolute atomic E-state index is 5.41. The van der Waals surface area contributed by atoms with Crippen LogP contribution in [0.1, 0.15) is 36.2 Å². The van der Waals surface area contributed by atoms with Gasteiger partial charge in [-0.15, -0.1) is 0 Å². The molecule has 2 atom stereocenters. The summed E-state index contributed by atoms with van der Waals surface area (Å²) in [6.45, 7) is 4.23. The van der Waals surface area contributed by atoms with Gasteiger partial charge in [-0.2, -0.15) is 4.98 Å². The summed E-state index contributed by atoms with van der Waals surface area (Å²) in [5.74, 6) is 2.75. The van der Waals surface area contributed by atoms with Crippen LogP contribution in [0.15, 0.2) is 22.7 Å². The fourth-order valence-electron chi connectivity index (χ4n) is 2.80. The van der Waals surface area contributed by atoms with E-state index >= 15 is 0 Å². The van der Waals surface area contributed by atoms with Crippen molar-refractivity contribution in [2.75, 3.05) is 6.54 Å². The first-order valence-electron chi connectivity index (χ1n) is 6.98. The van der Waals surface area contributed by atoms with Crippen molar-refractivity contribution in [3.05, 3.63) is 35.2 Å². The van der Waals surface area contributed by atoms with Gasteiger partial charge in [-0.3, -0.25) is 0 Å². The molecule has 0 radical (unpaired) electrons. The van der Waals surface area contributed by atoms with Crippen LogP contribution < -0.4 is 5.32 Å². The summed E-state index contributed by atoms with van der Waals surface area (Å²) in [6, 6.07) is 6.46. The molecule has 2 unspecified atom stereocenters. The number of hydrogen-bond donors (Lipinski definition) is 1. The van der Waals surface area contributed by atoms with Crippen molar-refractivity contribution in [1.82, 2.24) is 15.5 Å². The van der Waals surface area contributed by atoms with Crippen molar-refractivity contribution in [2.45, 2.75) is 32.2 Å². The van der Waals surface area contributed by atoms with Gasteiger partial charge in [0.2, 0.25) is 0 Å². The first kappa shape index (κ1) is 11.2. The molecule has 2 aromatic rings. The van der Waals surface area contributed by atoms with E-state index < -0.39 is 0 Å². The molecule has 1 aromatic heterocycles. The number of hydrogen-bond acceptors (Lipinski definition) is 4. The van der Waals surface area contributed by atoms with E-state index in [-0.39, 0.29) is 0 Å². The van der Waals surface area contributed by atoms with Crippen LogP contribution >= 0.6 is 0 Å². The highest BCUT2D eigenvalue weighted by atomic mass is 16.5. The van der Waals surface area contributed by atoms with Crippen LogP contribution in [0.2, 0.25) is 0 Å². The second-order valence-electron chi connectivity index (χ2n) is 5.69. The van der Waals surface area contributed by atoms with E-state index in [1.165, 1.54) is 17.5 Å². The Morgan fingerprint density at radius 1 is 1.32 bits per heavy atom. The predicted molar refractivity (Wildman–Crippen MR) is 71.7 cm³/mol. The fraction of sp³-hybridized carbons (Fsp3) is 0.467. The quantitative estimate of drug-likeness (QED) is 0.895. The van der Waals surface area contributed by atoms with E-state index in [1.54, 1.807) is 0 Å². The highest BCUT2D eigenvalue weighted by Crippen LogP contribution is 2.45. The lowest BCUT2D eigenvalue weighted by molar-refractivity contribution is 0.422. The van der Waals surface area contributed by atoms with Gasteiger partial charge < -0.3 is 9.84 Å². The first-order valence-corrected chi connectivity index (χ1v) is 6.98. The monoisotopic (exact) mass is 255 g/mol. The standard InChI is InChI=1S/C15H17N3O/c1-9-6-13(9)14-17-15(19-18-14)11-3-2-10-4-5-16-8-12(10)7-11/h2-3,7,9,13,16H,4-6,8H2,1H3. The second kappa shape index (κ2) is 4.17. The van der Waals surface area contributed by atoms with Gasteiger partial charge in [0, 0.05) is 18.0 Å². The minimum Gasteiger partial charge on any atom is -0.334 e. The van der Waals surface area contributed by atoms with Gasteiger partial charge in [-0.25, -0.2) is 0 Å². The molecule has 4 nitrogen and oxygen atoms in total. The molecule has 0 spiro atoms. The summed E-state index contributed by atoms with van der Waals surface area (Å²) in [5, 5.41) is 7.51. The number of rotatable bonds is 2. The average Bonchev–Trinajstić information content (AvgIpc) is 3.00. The summed E-state index contributed by atoms with van der Waals surface area (Å²) in [7, 11) is 0. The Labute approximate surface area is 112 Å². The van der Waals surface area contributed by atoms with E-state index in [9.17, 15) is 0 Å². The van der Waals surface area contributed by atoms with E-state index in [0.717, 1.165) is 30.9 Å². The van der Waals surface area contributed by atoms with Crippen LogP contribution in [0.25, 0.3) is 11.5 Å². The highest BCUT2D eigenvalue weighted by Gasteiger charge is 2.38. The molecule has 1 aliphatic heterocycles. The van der Waals surface area contributed by atoms with Crippen LogP contribution in [0, 0.1) is 5.92 Å². The van der Waals surface area contributed by atoms with Crippen LogP contribution in [0.3, 0.4) is 0 Å². The molecule has 1 saturated carbocycles. The van der Waals surface area contributed by atoms with E-state index in [0.29, 0.717) is 17.7 Å². The largest absolute Gasteiger partial charge is 0.334 e. The van der Waals surface area contributed by atoms with Gasteiger partial charge in [0.1, 0.15) is 0 Å². The van der Waals surface area contributed by atoms with Crippen molar-refractivity contribution in [3.63, 3.8) is 0 Å². The summed E-state index contributed by atoms with van der Waals surface area (Å²) in [6.07, 6.45) is 2.29. The predicted octanol–water partition coefficient (Wildman–Crippen LogP) is 2.51. The molecule has 2 aliphatic rings. The van der Waals surface area contributed by atoms with E-state index in [4.69, 9.17) is 4.52 Å². The molecular weight excluding hydrogens is 238 g/mol. The van der Waals surface area contributed by atoms with Crippen molar-refractivity contribution >= 4 is 0 Å². The topological polar surface area (TPSA) is 51.0 Å². The van der Waals surface area contributed by atoms with Crippen LogP contribution in [0.4, 0.5) is 0 Å². The molecule has 4 rings (SSSR count). The summed E-state index contributed by atoms with van der Waals surface area (Å²) in [5.41, 5.74) is 3.82. The molecule has 4 heteroatoms. The van der Waals surface area contributed by atoms with Crippen LogP contribution in [-0.4, -0.2) is 16.7 Å². The lowest BCUT2D eigenvalue weighted by atomic mass is 9.98. The van der Waals surface area contributed by atoms with E-state index in [2.05, 4.69) is 40.6 Å². The molecule has 98 valence electrons. The summed E-state index contributed by atoms with van der Waals surface area (Å²) in [4.78, 5) is 4.54. The summed E-state index contributed by atoms with van der Waals surface area (Å²) < 4.78 is 5.41. The molecule has 19 heavy (non-hydrogen) atoms. The fourth-order valence-corrected chi connectivity index (χ4v) is 2.80. The number of nitrogens with zero attached hydrogens (tertiary/aromatic N) is 2. The first-order chi connectivity index (χ1) is 9.31. The van der Waals surface area contributed by atoms with Crippen molar-refractivity contribution in [1.29, 1.82) is 0 Å². The third-order valence-corrected chi connectivity index (χ3v) is 4.22. The number of nitrogens with one attached hydrogen (secondary N) is 1. The minimum absolute atomic E-state index is 0.511. The van der Waals surface area contributed by atoms with Gasteiger partial charge in [-0.1, -0.05) is 18.1 Å². The Bertz CT molecular complexity index is 620. The molecule has 0 amide bonds. The highest BCUT2D eigenvalue weighted by molar-refractivity contribution is 5.56. The Hall–Kier alpha value is -1.68. The molecule has 0 bridgehead atoms. The van der Waals surface area contributed by atoms with E-state index in [1.807, 2.05) is 0 Å². The third-order valence-electron chi connectivity index (χ3n) is 4.22. The molecule has 1 aliphatic carbocycles. The number of aromatic nitrogens is 2. The van der Waals surface area contributed by atoms with Crippen LogP contribution in [0.5, 0.6) is 0 Å². The third kappa shape index (κ3) is 1.96. The lowest BCUT2D eigenvalue weighted by Gasteiger charge is -2.16. The van der Waals surface area contributed by atoms with Gasteiger partial charge in [-0.05, 0) is 48.6 Å². The zero-order valence-electron chi connectivity index (χ0n) is 11.0. The molecule has 1 N–H and O–H groups in total. The minimum atomic E-state index is 0.511. The molecule has 1 aromatic carbocycles. The second-order valence-corrected chi connectivity index (χ2v) is 5.69. The van der Waals surface area contributed by atoms with Gasteiger partial charge in [0.05, 0.1) is 0 Å². The van der Waals surface area contributed by atoms with Gasteiger partial charge in [0.15, 0.2) is 5.82 Å². The van der Waals surface area contributed by atoms with Crippen LogP contribution in [-0.2, 0) is 13.0 Å². The Balaban J connectivity index is 1.66. The van der Waals surface area contributed by atoms with Crippen molar-refractivity contribution in [3.8, 4) is 11.5 Å². The molecule has 1 fully saturated rings. The maximum Gasteiger partial charge on any atom is 0.257 e. The average molecular weight is 255 g/mol. The normalized spacial score (nSPS) is 25.1. The molecule has 0 saturated heterocycles. The summed E-state index contributed by atoms with van der Waals surface area (Å²) >= 11 is 0. The van der Waals surface area contributed by atoms with Gasteiger partial charge in [0.25, 0.3) is 5.89 Å². The smallest absolute Gasteiger partial charge is 0.257 e. The van der Waals surface area contributed by atoms with Crippen molar-refractivity contribution < 1.29 is 4.52 Å². The number of fused-ring (bicyclic) bond motifs is 1. The maximum atomic E-state index is 5.41. The zero-order chi connectivity index (χ0) is 12.8. The Kier molecular flexibility index (Phi) is 2.45.